The van der Waals surface area contributed by atoms with Gasteiger partial charge >= 0.3 is 5.97 Å². The summed E-state index contributed by atoms with van der Waals surface area (Å²) in [6.45, 7) is 13.0. The molecule has 0 fully saturated rings. The van der Waals surface area contributed by atoms with Gasteiger partial charge in [0.1, 0.15) is 18.2 Å². The molecule has 0 saturated carbocycles. The van der Waals surface area contributed by atoms with Crippen LogP contribution in [0.15, 0.2) is 89.6 Å². The second kappa shape index (κ2) is 21.4. The maximum atomic E-state index is 13.7. The van der Waals surface area contributed by atoms with Crippen LogP contribution in [0.3, 0.4) is 0 Å². The van der Waals surface area contributed by atoms with Crippen molar-refractivity contribution in [3.8, 4) is 16.9 Å². The zero-order valence-electron chi connectivity index (χ0n) is 32.8. The number of carbonyl (C=O) groups excluding carboxylic acids is 2. The van der Waals surface area contributed by atoms with Gasteiger partial charge in [-0.05, 0) is 104 Å². The first-order valence-corrected chi connectivity index (χ1v) is 20.9. The van der Waals surface area contributed by atoms with Crippen molar-refractivity contribution in [3.63, 3.8) is 0 Å². The Labute approximate surface area is 328 Å². The van der Waals surface area contributed by atoms with Crippen LogP contribution in [0, 0.1) is 5.92 Å². The fraction of sp³-hybridized carbons (Fsp3) is 0.432. The number of anilines is 2. The molecule has 1 amide bonds. The molecule has 1 atom stereocenters. The number of hydrogen-bond donors (Lipinski definition) is 1. The lowest BCUT2D eigenvalue weighted by Crippen LogP contribution is -2.30. The Morgan fingerprint density at radius 1 is 0.945 bits per heavy atom. The summed E-state index contributed by atoms with van der Waals surface area (Å²) in [6, 6.07) is 21.8. The number of fused-ring (bicyclic) bond motifs is 1. The Kier molecular flexibility index (Phi) is 16.1. The number of unbranched alkanes of at least 4 members (excludes halogenated alkanes) is 1. The third-order valence-corrected chi connectivity index (χ3v) is 10.6. The molecule has 55 heavy (non-hydrogen) atoms. The highest BCUT2D eigenvalue weighted by molar-refractivity contribution is 7.84. The van der Waals surface area contributed by atoms with Gasteiger partial charge in [-0.15, -0.1) is 0 Å². The molecule has 5 rings (SSSR count). The summed E-state index contributed by atoms with van der Waals surface area (Å²) >= 11 is 0. The second-order valence-corrected chi connectivity index (χ2v) is 15.6. The van der Waals surface area contributed by atoms with Gasteiger partial charge < -0.3 is 29.0 Å². The number of esters is 1. The average Bonchev–Trinajstić information content (AvgIpc) is 3.61. The minimum absolute atomic E-state index is 0.141. The number of rotatable bonds is 20. The summed E-state index contributed by atoms with van der Waals surface area (Å²) in [7, 11) is -1.34. The van der Waals surface area contributed by atoms with E-state index >= 15 is 0 Å². The van der Waals surface area contributed by atoms with Crippen LogP contribution in [0.5, 0.6) is 5.75 Å². The number of hydrogen-bond acceptors (Lipinski definition) is 8. The molecule has 3 aromatic carbocycles. The Morgan fingerprint density at radius 2 is 1.73 bits per heavy atom. The van der Waals surface area contributed by atoms with E-state index in [2.05, 4.69) is 66.3 Å². The Balaban J connectivity index is 1.23. The van der Waals surface area contributed by atoms with E-state index in [0.29, 0.717) is 68.0 Å². The minimum Gasteiger partial charge on any atom is -0.491 e. The first-order valence-electron chi connectivity index (χ1n) is 19.6. The summed E-state index contributed by atoms with van der Waals surface area (Å²) in [5.74, 6) is 1.87. The number of aromatic nitrogens is 2. The molecule has 0 bridgehead atoms. The molecule has 2 heterocycles. The molecule has 1 aromatic heterocycles. The normalized spacial score (nSPS) is 14.3. The van der Waals surface area contributed by atoms with Gasteiger partial charge in [0, 0.05) is 66.9 Å². The first-order chi connectivity index (χ1) is 26.7. The average molecular weight is 769 g/mol. The fourth-order valence-electron chi connectivity index (χ4n) is 6.49. The Bertz CT molecular complexity index is 1890. The van der Waals surface area contributed by atoms with Crippen LogP contribution in [-0.2, 0) is 42.2 Å². The highest BCUT2D eigenvalue weighted by atomic mass is 32.2. The van der Waals surface area contributed by atoms with Crippen LogP contribution in [-0.4, -0.2) is 65.2 Å². The number of aryl methyl sites for hydroxylation is 1. The first kappa shape index (κ1) is 41.4. The van der Waals surface area contributed by atoms with Crippen molar-refractivity contribution in [1.82, 2.24) is 9.55 Å². The van der Waals surface area contributed by atoms with Gasteiger partial charge in [-0.2, -0.15) is 0 Å². The van der Waals surface area contributed by atoms with Crippen molar-refractivity contribution in [2.75, 3.05) is 49.7 Å². The van der Waals surface area contributed by atoms with E-state index in [1.54, 1.807) is 37.4 Å². The zero-order chi connectivity index (χ0) is 39.0. The number of nitrogens with zero attached hydrogens (tertiary/aromatic N) is 3. The molecule has 10 nitrogen and oxygen atoms in total. The second-order valence-electron chi connectivity index (χ2n) is 14.1. The Morgan fingerprint density at radius 3 is 2.47 bits per heavy atom. The summed E-state index contributed by atoms with van der Waals surface area (Å²) in [5.41, 5.74) is 5.71. The van der Waals surface area contributed by atoms with E-state index in [0.717, 1.165) is 72.7 Å². The van der Waals surface area contributed by atoms with Gasteiger partial charge in [0.15, 0.2) is 0 Å². The van der Waals surface area contributed by atoms with E-state index in [-0.39, 0.29) is 17.6 Å². The van der Waals surface area contributed by atoms with Gasteiger partial charge in [-0.25, -0.2) is 4.98 Å². The lowest BCUT2D eigenvalue weighted by Gasteiger charge is -2.30. The monoisotopic (exact) mass is 768 g/mol. The van der Waals surface area contributed by atoms with Crippen LogP contribution in [0.2, 0.25) is 0 Å². The van der Waals surface area contributed by atoms with Crippen LogP contribution < -0.4 is 15.0 Å². The molecule has 0 spiro atoms. The van der Waals surface area contributed by atoms with Gasteiger partial charge in [0.05, 0.1) is 29.8 Å². The summed E-state index contributed by atoms with van der Waals surface area (Å²) in [5, 5.41) is 3.07. The van der Waals surface area contributed by atoms with Gasteiger partial charge in [-0.1, -0.05) is 51.5 Å². The molecule has 1 unspecified atom stereocenters. The van der Waals surface area contributed by atoms with Gasteiger partial charge in [0.2, 0.25) is 0 Å². The standard InChI is InChI=1S/C44H56N4O6S/c1-5-7-26-52-27-28-54-39-18-14-34(15-19-39)35-12-13-36-29-37(10-8-24-48(31-33(3)4)41(36)30-35)44(50)46-38-16-20-40(21-17-38)55(51)32-42-45-22-25-47(42)23-9-11-43(49)53-6-2/h12-22,25,29-30,33H,5-11,23-24,26-28,31-32H2,1-4H3,(H,46,50)/b37-29+. The van der Waals surface area contributed by atoms with Gasteiger partial charge in [-0.3, -0.25) is 13.8 Å². The highest BCUT2D eigenvalue weighted by Crippen LogP contribution is 2.34. The summed E-state index contributed by atoms with van der Waals surface area (Å²) in [6.07, 6.45) is 10.2. The van der Waals surface area contributed by atoms with E-state index in [9.17, 15) is 13.8 Å². The van der Waals surface area contributed by atoms with Crippen LogP contribution >= 0.6 is 0 Å². The fourth-order valence-corrected chi connectivity index (χ4v) is 7.57. The van der Waals surface area contributed by atoms with Crippen molar-refractivity contribution in [3.05, 3.63) is 96.1 Å². The molecule has 4 aromatic rings. The molecule has 0 saturated heterocycles. The number of benzene rings is 3. The third-order valence-electron chi connectivity index (χ3n) is 9.30. The predicted molar refractivity (Wildman–Crippen MR) is 221 cm³/mol. The topological polar surface area (TPSA) is 112 Å². The molecule has 1 aliphatic rings. The van der Waals surface area contributed by atoms with Crippen molar-refractivity contribution < 1.29 is 28.0 Å². The highest BCUT2D eigenvalue weighted by Gasteiger charge is 2.20. The molecule has 1 aliphatic heterocycles. The largest absolute Gasteiger partial charge is 0.491 e. The third kappa shape index (κ3) is 12.7. The predicted octanol–water partition coefficient (Wildman–Crippen LogP) is 8.68. The molecule has 11 heteroatoms. The zero-order valence-corrected chi connectivity index (χ0v) is 33.6. The smallest absolute Gasteiger partial charge is 0.305 e. The van der Waals surface area contributed by atoms with Crippen molar-refractivity contribution in [1.29, 1.82) is 0 Å². The Hall–Kier alpha value is -4.74. The lowest BCUT2D eigenvalue weighted by molar-refractivity contribution is -0.143. The molecular weight excluding hydrogens is 713 g/mol. The molecular formula is C44H56N4O6S. The number of carbonyl (C=O) groups is 2. The van der Waals surface area contributed by atoms with Crippen molar-refractivity contribution >= 4 is 40.1 Å². The van der Waals surface area contributed by atoms with E-state index in [1.165, 1.54) is 0 Å². The van der Waals surface area contributed by atoms with E-state index in [4.69, 9.17) is 14.2 Å². The quantitative estimate of drug-likeness (QED) is 0.0703. The maximum Gasteiger partial charge on any atom is 0.305 e. The molecule has 294 valence electrons. The number of amides is 1. The molecule has 0 radical (unpaired) electrons. The van der Waals surface area contributed by atoms with Gasteiger partial charge in [0.25, 0.3) is 5.91 Å². The van der Waals surface area contributed by atoms with Crippen molar-refractivity contribution in [2.24, 2.45) is 5.92 Å². The number of imidazole rings is 1. The lowest BCUT2D eigenvalue weighted by atomic mass is 9.96. The minimum atomic E-state index is -1.34. The summed E-state index contributed by atoms with van der Waals surface area (Å²) in [4.78, 5) is 32.9. The van der Waals surface area contributed by atoms with Crippen LogP contribution in [0.25, 0.3) is 17.2 Å². The van der Waals surface area contributed by atoms with E-state index in [1.807, 2.05) is 29.0 Å². The van der Waals surface area contributed by atoms with Crippen LogP contribution in [0.1, 0.15) is 77.6 Å². The maximum absolute atomic E-state index is 13.7. The van der Waals surface area contributed by atoms with Crippen molar-refractivity contribution in [2.45, 2.75) is 83.4 Å². The van der Waals surface area contributed by atoms with E-state index < -0.39 is 10.8 Å². The SMILES string of the molecule is CCCCOCCOc1ccc(-c2ccc3c(c2)N(CC(C)C)CCC/C(C(=O)Nc2ccc(S(=O)Cc4nccn4CCCC(=O)OCC)cc2)=C\3)cc1. The molecule has 1 N–H and O–H groups in total. The number of nitrogens with one attached hydrogen (secondary N) is 1. The summed E-state index contributed by atoms with van der Waals surface area (Å²) < 4.78 is 31.7. The number of ether oxygens (including phenoxy) is 3. The molecule has 0 aliphatic carbocycles. The van der Waals surface area contributed by atoms with Crippen LogP contribution in [0.4, 0.5) is 11.4 Å².